The normalized spacial score (nSPS) is 17.3. The van der Waals surface area contributed by atoms with Crippen molar-refractivity contribution in [3.8, 4) is 16.9 Å². The number of hydrogen-bond donors (Lipinski definition) is 1. The van der Waals surface area contributed by atoms with Crippen LogP contribution in [-0.2, 0) is 11.2 Å². The van der Waals surface area contributed by atoms with E-state index in [4.69, 9.17) is 4.74 Å². The molecule has 0 spiro atoms. The maximum Gasteiger partial charge on any atom is 0.431 e. The van der Waals surface area contributed by atoms with Gasteiger partial charge in [0.1, 0.15) is 17.3 Å². The third-order valence-corrected chi connectivity index (χ3v) is 7.17. The predicted octanol–water partition coefficient (Wildman–Crippen LogP) is 7.64. The van der Waals surface area contributed by atoms with E-state index in [1.54, 1.807) is 36.4 Å². The second-order valence-electron chi connectivity index (χ2n) is 10.6. The fourth-order valence-corrected chi connectivity index (χ4v) is 5.22. The van der Waals surface area contributed by atoms with Gasteiger partial charge in [-0.15, -0.1) is 0 Å². The van der Waals surface area contributed by atoms with Gasteiger partial charge in [0.15, 0.2) is 0 Å². The molecule has 4 rings (SSSR count). The van der Waals surface area contributed by atoms with E-state index in [-0.39, 0.29) is 18.2 Å². The Labute approximate surface area is 231 Å². The van der Waals surface area contributed by atoms with Crippen molar-refractivity contribution in [2.45, 2.75) is 52.3 Å². The lowest BCUT2D eigenvalue weighted by atomic mass is 9.85. The number of alkyl halides is 3. The number of carboxylic acids is 1. The molecule has 3 aromatic rings. The largest absolute Gasteiger partial charge is 0.497 e. The summed E-state index contributed by atoms with van der Waals surface area (Å²) >= 11 is 0. The minimum atomic E-state index is -4.65. The number of anilines is 1. The van der Waals surface area contributed by atoms with Gasteiger partial charge >= 0.3 is 12.1 Å². The summed E-state index contributed by atoms with van der Waals surface area (Å²) in [6.45, 7) is 5.56. The Morgan fingerprint density at radius 1 is 1.07 bits per heavy atom. The molecule has 1 aliphatic heterocycles. The Morgan fingerprint density at radius 3 is 2.35 bits per heavy atom. The SMILES string of the molecule is COc1ccc(F)c(-c2ccc(Cc3ccc(N4N=C(C(F)(F)F)C(CC(C)C)C4CC(=O)O)cc3)c(C)c2)c1. The van der Waals surface area contributed by atoms with Gasteiger partial charge in [-0.3, -0.25) is 9.80 Å². The molecule has 1 N–H and O–H groups in total. The van der Waals surface area contributed by atoms with Crippen LogP contribution in [0.25, 0.3) is 11.1 Å². The average Bonchev–Trinajstić information content (AvgIpc) is 3.23. The van der Waals surface area contributed by atoms with Crippen LogP contribution in [0.2, 0.25) is 0 Å². The van der Waals surface area contributed by atoms with Crippen LogP contribution in [0.3, 0.4) is 0 Å². The summed E-state index contributed by atoms with van der Waals surface area (Å²) < 4.78 is 61.3. The molecule has 0 aromatic heterocycles. The molecule has 1 heterocycles. The van der Waals surface area contributed by atoms with Crippen molar-refractivity contribution in [1.82, 2.24) is 0 Å². The second-order valence-corrected chi connectivity index (χ2v) is 10.6. The van der Waals surface area contributed by atoms with Crippen molar-refractivity contribution in [3.63, 3.8) is 0 Å². The van der Waals surface area contributed by atoms with Gasteiger partial charge in [-0.05, 0) is 78.3 Å². The maximum atomic E-state index is 14.4. The van der Waals surface area contributed by atoms with Crippen molar-refractivity contribution < 1.29 is 32.2 Å². The van der Waals surface area contributed by atoms with Crippen LogP contribution < -0.4 is 9.75 Å². The first-order chi connectivity index (χ1) is 18.9. The van der Waals surface area contributed by atoms with Crippen molar-refractivity contribution in [3.05, 3.63) is 83.2 Å². The summed E-state index contributed by atoms with van der Waals surface area (Å²) in [6.07, 6.45) is -4.37. The number of aryl methyl sites for hydroxylation is 1. The fourth-order valence-electron chi connectivity index (χ4n) is 5.22. The van der Waals surface area contributed by atoms with Crippen molar-refractivity contribution >= 4 is 17.4 Å². The summed E-state index contributed by atoms with van der Waals surface area (Å²) in [4.78, 5) is 11.6. The quantitative estimate of drug-likeness (QED) is 0.275. The number of ether oxygens (including phenoxy) is 1. The molecule has 0 radical (unpaired) electrons. The lowest BCUT2D eigenvalue weighted by molar-refractivity contribution is -0.137. The van der Waals surface area contributed by atoms with Crippen LogP contribution in [0.15, 0.2) is 65.8 Å². The number of carbonyl (C=O) groups is 1. The number of halogens is 4. The second kappa shape index (κ2) is 11.7. The summed E-state index contributed by atoms with van der Waals surface area (Å²) in [6, 6.07) is 16.3. The summed E-state index contributed by atoms with van der Waals surface area (Å²) in [5.41, 5.74) is 3.53. The first-order valence-electron chi connectivity index (χ1n) is 13.1. The molecule has 0 aliphatic carbocycles. The van der Waals surface area contributed by atoms with E-state index in [1.807, 2.05) is 39.0 Å². The summed E-state index contributed by atoms with van der Waals surface area (Å²) in [5.74, 6) is -2.06. The summed E-state index contributed by atoms with van der Waals surface area (Å²) in [7, 11) is 1.53. The fraction of sp³-hybridized carbons (Fsp3) is 0.355. The highest BCUT2D eigenvalue weighted by atomic mass is 19.4. The zero-order chi connectivity index (χ0) is 29.2. The monoisotopic (exact) mass is 556 g/mol. The van der Waals surface area contributed by atoms with Gasteiger partial charge in [-0.25, -0.2) is 4.39 Å². The van der Waals surface area contributed by atoms with Crippen LogP contribution in [0, 0.1) is 24.6 Å². The third-order valence-electron chi connectivity index (χ3n) is 7.17. The van der Waals surface area contributed by atoms with Gasteiger partial charge in [0.25, 0.3) is 0 Å². The zero-order valence-electron chi connectivity index (χ0n) is 22.8. The lowest BCUT2D eigenvalue weighted by Gasteiger charge is -2.28. The molecule has 2 unspecified atom stereocenters. The van der Waals surface area contributed by atoms with Gasteiger partial charge in [-0.2, -0.15) is 18.3 Å². The van der Waals surface area contributed by atoms with Crippen LogP contribution in [-0.4, -0.2) is 36.1 Å². The van der Waals surface area contributed by atoms with Crippen molar-refractivity contribution in [1.29, 1.82) is 0 Å². The Bertz CT molecular complexity index is 1400. The summed E-state index contributed by atoms with van der Waals surface area (Å²) in [5, 5.41) is 14.6. The molecule has 0 fully saturated rings. The minimum Gasteiger partial charge on any atom is -0.497 e. The van der Waals surface area contributed by atoms with Crippen LogP contribution in [0.5, 0.6) is 5.75 Å². The lowest BCUT2D eigenvalue weighted by Crippen LogP contribution is -2.39. The molecule has 0 amide bonds. The smallest absolute Gasteiger partial charge is 0.431 e. The topological polar surface area (TPSA) is 62.1 Å². The number of hydrogen-bond acceptors (Lipinski definition) is 4. The van der Waals surface area contributed by atoms with Crippen LogP contribution in [0.1, 0.15) is 43.4 Å². The number of hydrazone groups is 1. The molecule has 5 nitrogen and oxygen atoms in total. The first kappa shape index (κ1) is 29.1. The number of rotatable bonds is 9. The molecule has 9 heteroatoms. The van der Waals surface area contributed by atoms with Crippen LogP contribution >= 0.6 is 0 Å². The van der Waals surface area contributed by atoms with Crippen LogP contribution in [0.4, 0.5) is 23.2 Å². The van der Waals surface area contributed by atoms with Gasteiger partial charge in [0.05, 0.1) is 25.3 Å². The molecule has 1 aliphatic rings. The molecule has 0 saturated carbocycles. The molecule has 2 atom stereocenters. The van der Waals surface area contributed by atoms with Gasteiger partial charge in [0, 0.05) is 11.5 Å². The molecule has 212 valence electrons. The number of carboxylic acid groups (broad SMARTS) is 1. The number of methoxy groups -OCH3 is 1. The van der Waals surface area contributed by atoms with E-state index >= 15 is 0 Å². The number of aliphatic carboxylic acids is 1. The molecule has 0 saturated heterocycles. The highest BCUT2D eigenvalue weighted by Gasteiger charge is 2.50. The predicted molar refractivity (Wildman–Crippen MR) is 147 cm³/mol. The van der Waals surface area contributed by atoms with E-state index in [0.717, 1.165) is 22.3 Å². The molecular weight excluding hydrogens is 524 g/mol. The average molecular weight is 557 g/mol. The Hall–Kier alpha value is -3.88. The number of benzene rings is 3. The zero-order valence-corrected chi connectivity index (χ0v) is 22.8. The van der Waals surface area contributed by atoms with E-state index in [2.05, 4.69) is 5.10 Å². The van der Waals surface area contributed by atoms with E-state index in [0.29, 0.717) is 23.4 Å². The van der Waals surface area contributed by atoms with Gasteiger partial charge in [0.2, 0.25) is 0 Å². The van der Waals surface area contributed by atoms with E-state index in [1.165, 1.54) is 18.2 Å². The standard InChI is InChI=1S/C31H32F4N2O3/c1-18(2)13-26-28(17-29(38)39)37(36-30(26)31(33,34)35)23-9-5-20(6-10-23)15-21-7-8-22(14-19(21)3)25-16-24(40-4)11-12-27(25)32/h5-12,14,16,18,26,28H,13,15,17H2,1-4H3,(H,38,39). The highest BCUT2D eigenvalue weighted by Crippen LogP contribution is 2.39. The Balaban J connectivity index is 1.58. The minimum absolute atomic E-state index is 0.0637. The Morgan fingerprint density at radius 2 is 1.77 bits per heavy atom. The van der Waals surface area contributed by atoms with E-state index in [9.17, 15) is 27.5 Å². The first-order valence-corrected chi connectivity index (χ1v) is 13.1. The molecule has 0 bridgehead atoms. The molecule has 3 aromatic carbocycles. The Kier molecular flexibility index (Phi) is 8.51. The maximum absolute atomic E-state index is 14.4. The molecular formula is C31H32F4N2O3. The van der Waals surface area contributed by atoms with Crippen molar-refractivity contribution in [2.24, 2.45) is 16.9 Å². The number of nitrogens with zero attached hydrogens (tertiary/aromatic N) is 2. The molecule has 40 heavy (non-hydrogen) atoms. The van der Waals surface area contributed by atoms with E-state index < -0.39 is 36.2 Å². The van der Waals surface area contributed by atoms with Gasteiger partial charge < -0.3 is 9.84 Å². The third kappa shape index (κ3) is 6.46. The van der Waals surface area contributed by atoms with Crippen molar-refractivity contribution in [2.75, 3.05) is 12.1 Å². The highest BCUT2D eigenvalue weighted by molar-refractivity contribution is 5.96. The van der Waals surface area contributed by atoms with Gasteiger partial charge in [-0.1, -0.05) is 44.2 Å².